The lowest BCUT2D eigenvalue weighted by Crippen LogP contribution is -2.07. The third-order valence-corrected chi connectivity index (χ3v) is 6.49. The first kappa shape index (κ1) is 24.1. The Balaban J connectivity index is 1.49. The summed E-state index contributed by atoms with van der Waals surface area (Å²) in [6.45, 7) is 0.0628. The minimum atomic E-state index is -0.520. The molecule has 0 N–H and O–H groups in total. The number of rotatable bonds is 9. The average Bonchev–Trinajstić information content (AvgIpc) is 3.68. The van der Waals surface area contributed by atoms with Gasteiger partial charge in [-0.2, -0.15) is 0 Å². The summed E-state index contributed by atoms with van der Waals surface area (Å²) in [5, 5.41) is 11.3. The van der Waals surface area contributed by atoms with Crippen molar-refractivity contribution in [2.75, 3.05) is 0 Å². The van der Waals surface area contributed by atoms with E-state index in [0.717, 1.165) is 28.3 Å². The summed E-state index contributed by atoms with van der Waals surface area (Å²) < 4.78 is 15.3. The Kier molecular flexibility index (Phi) is 6.34. The molecule has 0 amide bonds. The number of ether oxygens (including phenoxy) is 1. The summed E-state index contributed by atoms with van der Waals surface area (Å²) in [6, 6.07) is 23.8. The molecule has 0 radical (unpaired) electrons. The Labute approximate surface area is 223 Å². The second kappa shape index (κ2) is 10.3. The van der Waals surface area contributed by atoms with Crippen molar-refractivity contribution in [1.82, 2.24) is 23.9 Å². The largest absolute Gasteiger partial charge is 0.469 e. The highest BCUT2D eigenvalue weighted by atomic mass is 16.6. The van der Waals surface area contributed by atoms with Crippen LogP contribution in [0.2, 0.25) is 0 Å². The minimum absolute atomic E-state index is 0.0628. The fourth-order valence-electron chi connectivity index (χ4n) is 4.52. The molecule has 6 rings (SSSR count). The normalized spacial score (nSPS) is 11.2. The van der Waals surface area contributed by atoms with Crippen molar-refractivity contribution in [2.24, 2.45) is 7.05 Å². The number of nitro groups is 1. The minimum Gasteiger partial charge on any atom is -0.469 e. The van der Waals surface area contributed by atoms with Crippen molar-refractivity contribution >= 4 is 11.6 Å². The standard InChI is InChI=1S/C29H24N6O4/c1-33-22(17-30-29(33)35(36)37)19-39-28-25(16-23-13-8-14-38-23)32-27-24(15-20-9-4-2-5-10-20)31-26(18-34(27)28)21-11-6-3-7-12-21/h2-14,17-18H,15-16,19H2,1H3. The molecule has 4 heterocycles. The van der Waals surface area contributed by atoms with Crippen LogP contribution in [0.3, 0.4) is 0 Å². The fourth-order valence-corrected chi connectivity index (χ4v) is 4.52. The number of benzene rings is 2. The van der Waals surface area contributed by atoms with Crippen molar-refractivity contribution in [3.05, 3.63) is 130 Å². The van der Waals surface area contributed by atoms with E-state index in [-0.39, 0.29) is 12.6 Å². The third kappa shape index (κ3) is 4.87. The van der Waals surface area contributed by atoms with E-state index in [0.29, 0.717) is 35.8 Å². The number of fused-ring (bicyclic) bond motifs is 1. The van der Waals surface area contributed by atoms with Gasteiger partial charge in [0.1, 0.15) is 24.3 Å². The first-order valence-corrected chi connectivity index (χ1v) is 12.4. The van der Waals surface area contributed by atoms with Gasteiger partial charge in [0, 0.05) is 18.2 Å². The molecular weight excluding hydrogens is 496 g/mol. The van der Waals surface area contributed by atoms with Gasteiger partial charge in [0.25, 0.3) is 0 Å². The molecule has 194 valence electrons. The maximum atomic E-state index is 11.3. The molecule has 0 spiro atoms. The zero-order valence-electron chi connectivity index (χ0n) is 21.1. The summed E-state index contributed by atoms with van der Waals surface area (Å²) in [5.41, 5.74) is 5.54. The summed E-state index contributed by atoms with van der Waals surface area (Å²) in [7, 11) is 1.59. The molecule has 0 aliphatic rings. The maximum Gasteiger partial charge on any atom is 0.434 e. The molecule has 0 aliphatic heterocycles. The van der Waals surface area contributed by atoms with Crippen LogP contribution in [0.4, 0.5) is 5.95 Å². The van der Waals surface area contributed by atoms with E-state index in [4.69, 9.17) is 19.1 Å². The van der Waals surface area contributed by atoms with E-state index in [9.17, 15) is 10.1 Å². The van der Waals surface area contributed by atoms with Crippen LogP contribution in [-0.2, 0) is 26.5 Å². The van der Waals surface area contributed by atoms with Crippen LogP contribution in [0.15, 0.2) is 95.9 Å². The van der Waals surface area contributed by atoms with E-state index in [1.54, 1.807) is 13.3 Å². The molecular formula is C29H24N6O4. The van der Waals surface area contributed by atoms with Gasteiger partial charge in [-0.05, 0) is 22.6 Å². The molecule has 10 heteroatoms. The van der Waals surface area contributed by atoms with Crippen LogP contribution in [0.25, 0.3) is 16.9 Å². The summed E-state index contributed by atoms with van der Waals surface area (Å²) in [4.78, 5) is 24.7. The van der Waals surface area contributed by atoms with Gasteiger partial charge in [0.2, 0.25) is 5.88 Å². The second-order valence-corrected chi connectivity index (χ2v) is 9.07. The molecule has 0 unspecified atom stereocenters. The average molecular weight is 521 g/mol. The Bertz CT molecular complexity index is 1740. The van der Waals surface area contributed by atoms with Crippen molar-refractivity contribution in [2.45, 2.75) is 19.4 Å². The van der Waals surface area contributed by atoms with Crippen molar-refractivity contribution in [3.63, 3.8) is 0 Å². The van der Waals surface area contributed by atoms with Crippen LogP contribution < -0.4 is 4.74 Å². The third-order valence-electron chi connectivity index (χ3n) is 6.49. The van der Waals surface area contributed by atoms with Gasteiger partial charge in [-0.15, -0.1) is 0 Å². The SMILES string of the molecule is Cn1c(COc2c(Cc3ccco3)nc3c(Cc4ccccc4)nc(-c4ccccc4)cn23)cnc1[N+](=O)[O-]. The van der Waals surface area contributed by atoms with Gasteiger partial charge in [-0.3, -0.25) is 4.40 Å². The number of aromatic nitrogens is 5. The summed E-state index contributed by atoms with van der Waals surface area (Å²) >= 11 is 0. The highest BCUT2D eigenvalue weighted by molar-refractivity contribution is 5.63. The predicted molar refractivity (Wildman–Crippen MR) is 143 cm³/mol. The molecule has 39 heavy (non-hydrogen) atoms. The second-order valence-electron chi connectivity index (χ2n) is 9.07. The van der Waals surface area contributed by atoms with E-state index in [1.807, 2.05) is 71.3 Å². The van der Waals surface area contributed by atoms with Gasteiger partial charge >= 0.3 is 5.95 Å². The predicted octanol–water partition coefficient (Wildman–Crippen LogP) is 5.39. The van der Waals surface area contributed by atoms with Crippen LogP contribution in [0, 0.1) is 10.1 Å². The van der Waals surface area contributed by atoms with Gasteiger partial charge in [-0.1, -0.05) is 65.6 Å². The Hall–Kier alpha value is -5.25. The van der Waals surface area contributed by atoms with E-state index < -0.39 is 4.92 Å². The highest BCUT2D eigenvalue weighted by Gasteiger charge is 2.23. The lowest BCUT2D eigenvalue weighted by molar-refractivity contribution is -0.396. The van der Waals surface area contributed by atoms with Gasteiger partial charge in [0.05, 0.1) is 31.1 Å². The molecule has 10 nitrogen and oxygen atoms in total. The number of hydrogen-bond donors (Lipinski definition) is 0. The quantitative estimate of drug-likeness (QED) is 0.185. The van der Waals surface area contributed by atoms with Crippen LogP contribution in [0.1, 0.15) is 28.4 Å². The topological polar surface area (TPSA) is 114 Å². The smallest absolute Gasteiger partial charge is 0.434 e. The first-order valence-electron chi connectivity index (χ1n) is 12.4. The monoisotopic (exact) mass is 520 g/mol. The van der Waals surface area contributed by atoms with Gasteiger partial charge in [-0.25, -0.2) is 14.5 Å². The fraction of sp³-hybridized carbons (Fsp3) is 0.138. The number of hydrogen-bond acceptors (Lipinski definition) is 7. The number of nitrogens with zero attached hydrogens (tertiary/aromatic N) is 6. The Morgan fingerprint density at radius 3 is 2.41 bits per heavy atom. The summed E-state index contributed by atoms with van der Waals surface area (Å²) in [5.74, 6) is 1.00. The van der Waals surface area contributed by atoms with Crippen LogP contribution in [-0.4, -0.2) is 28.8 Å². The molecule has 0 atom stereocenters. The molecule has 0 aliphatic carbocycles. The highest BCUT2D eigenvalue weighted by Crippen LogP contribution is 2.30. The van der Waals surface area contributed by atoms with Crippen molar-refractivity contribution in [3.8, 4) is 17.1 Å². The molecule has 0 saturated carbocycles. The lowest BCUT2D eigenvalue weighted by atomic mass is 10.1. The summed E-state index contributed by atoms with van der Waals surface area (Å²) in [6.07, 6.45) is 5.97. The van der Waals surface area contributed by atoms with E-state index in [1.165, 1.54) is 10.8 Å². The molecule has 0 bridgehead atoms. The Morgan fingerprint density at radius 1 is 0.949 bits per heavy atom. The van der Waals surface area contributed by atoms with Crippen LogP contribution >= 0.6 is 0 Å². The molecule has 0 fully saturated rings. The maximum absolute atomic E-state index is 11.3. The Morgan fingerprint density at radius 2 is 1.72 bits per heavy atom. The zero-order valence-corrected chi connectivity index (χ0v) is 21.1. The van der Waals surface area contributed by atoms with E-state index >= 15 is 0 Å². The molecule has 6 aromatic rings. The van der Waals surface area contributed by atoms with Gasteiger partial charge in [0.15, 0.2) is 11.3 Å². The first-order chi connectivity index (χ1) is 19.1. The van der Waals surface area contributed by atoms with Crippen molar-refractivity contribution in [1.29, 1.82) is 0 Å². The molecule has 0 saturated heterocycles. The molecule has 4 aromatic heterocycles. The zero-order chi connectivity index (χ0) is 26.8. The van der Waals surface area contributed by atoms with Crippen LogP contribution in [0.5, 0.6) is 5.88 Å². The van der Waals surface area contributed by atoms with E-state index in [2.05, 4.69) is 17.1 Å². The molecule has 2 aromatic carbocycles. The number of furan rings is 1. The lowest BCUT2D eigenvalue weighted by Gasteiger charge is -2.11. The van der Waals surface area contributed by atoms with Gasteiger partial charge < -0.3 is 19.3 Å². The van der Waals surface area contributed by atoms with Crippen molar-refractivity contribution < 1.29 is 14.1 Å². The number of imidazole rings is 2.